The van der Waals surface area contributed by atoms with Gasteiger partial charge in [0, 0.05) is 12.1 Å². The first kappa shape index (κ1) is 14.7. The van der Waals surface area contributed by atoms with Crippen molar-refractivity contribution < 1.29 is 12.8 Å². The van der Waals surface area contributed by atoms with Crippen molar-refractivity contribution in [1.29, 1.82) is 0 Å². The Balaban J connectivity index is 1.72. The second-order valence-corrected chi connectivity index (χ2v) is 7.57. The Morgan fingerprint density at radius 2 is 2.10 bits per heavy atom. The molecule has 2 unspecified atom stereocenters. The van der Waals surface area contributed by atoms with Crippen molar-refractivity contribution >= 4 is 15.7 Å². The van der Waals surface area contributed by atoms with Crippen LogP contribution in [-0.4, -0.2) is 38.5 Å². The van der Waals surface area contributed by atoms with Gasteiger partial charge in [-0.15, -0.1) is 0 Å². The first-order chi connectivity index (χ1) is 9.95. The lowest BCUT2D eigenvalue weighted by molar-refractivity contribution is 0.176. The summed E-state index contributed by atoms with van der Waals surface area (Å²) in [6.45, 7) is 2.06. The third kappa shape index (κ3) is 3.04. The smallest absolute Gasteiger partial charge is 0.240 e. The largest absolute Gasteiger partial charge is 0.396 e. The normalized spacial score (nSPS) is 26.7. The minimum absolute atomic E-state index is 0.0234. The van der Waals surface area contributed by atoms with Gasteiger partial charge in [-0.3, -0.25) is 0 Å². The lowest BCUT2D eigenvalue weighted by Gasteiger charge is -2.34. The Hall–Kier alpha value is -1.18. The monoisotopic (exact) mass is 313 g/mol. The molecule has 3 rings (SSSR count). The van der Waals surface area contributed by atoms with Crippen molar-refractivity contribution in [2.24, 2.45) is 0 Å². The van der Waals surface area contributed by atoms with Gasteiger partial charge < -0.3 is 10.6 Å². The molecule has 0 radical (unpaired) electrons. The highest BCUT2D eigenvalue weighted by Crippen LogP contribution is 2.28. The topological polar surface area (TPSA) is 75.4 Å². The van der Waals surface area contributed by atoms with Gasteiger partial charge in [-0.1, -0.05) is 0 Å². The van der Waals surface area contributed by atoms with E-state index >= 15 is 0 Å². The average Bonchev–Trinajstić information content (AvgIpc) is 2.88. The molecule has 2 aliphatic rings. The minimum atomic E-state index is -3.64. The quantitative estimate of drug-likeness (QED) is 0.825. The Morgan fingerprint density at radius 3 is 2.86 bits per heavy atom. The van der Waals surface area contributed by atoms with E-state index in [4.69, 9.17) is 5.73 Å². The zero-order valence-electron chi connectivity index (χ0n) is 11.8. The summed E-state index contributed by atoms with van der Waals surface area (Å²) in [7, 11) is -3.64. The third-order valence-electron chi connectivity index (χ3n) is 4.42. The Labute approximate surface area is 124 Å². The number of fused-ring (bicyclic) bond motifs is 1. The SMILES string of the molecule is Nc1cc(S(=O)(=O)NC2CCN3CCCC3C2)ccc1F. The number of nitrogen functional groups attached to an aromatic ring is 1. The second kappa shape index (κ2) is 5.55. The number of nitrogens with two attached hydrogens (primary N) is 1. The molecule has 21 heavy (non-hydrogen) atoms. The zero-order chi connectivity index (χ0) is 15.0. The molecule has 0 aromatic heterocycles. The molecule has 7 heteroatoms. The van der Waals surface area contributed by atoms with E-state index < -0.39 is 15.8 Å². The number of hydrogen-bond acceptors (Lipinski definition) is 4. The lowest BCUT2D eigenvalue weighted by atomic mass is 9.99. The molecule has 2 saturated heterocycles. The number of piperidine rings is 1. The Bertz CT molecular complexity index is 635. The van der Waals surface area contributed by atoms with Crippen LogP contribution < -0.4 is 10.5 Å². The molecule has 0 spiro atoms. The van der Waals surface area contributed by atoms with E-state index in [1.54, 1.807) is 0 Å². The van der Waals surface area contributed by atoms with Crippen LogP contribution in [0.1, 0.15) is 25.7 Å². The van der Waals surface area contributed by atoms with E-state index in [9.17, 15) is 12.8 Å². The molecular formula is C14H20FN3O2S. The predicted molar refractivity (Wildman–Crippen MR) is 78.8 cm³/mol. The van der Waals surface area contributed by atoms with Gasteiger partial charge in [0.05, 0.1) is 10.6 Å². The van der Waals surface area contributed by atoms with Gasteiger partial charge in [-0.25, -0.2) is 17.5 Å². The second-order valence-electron chi connectivity index (χ2n) is 5.86. The van der Waals surface area contributed by atoms with E-state index in [-0.39, 0.29) is 16.6 Å². The van der Waals surface area contributed by atoms with Crippen LogP contribution in [0.5, 0.6) is 0 Å². The van der Waals surface area contributed by atoms with E-state index in [0.29, 0.717) is 6.04 Å². The maximum absolute atomic E-state index is 13.1. The van der Waals surface area contributed by atoms with Gasteiger partial charge in [-0.2, -0.15) is 0 Å². The highest BCUT2D eigenvalue weighted by Gasteiger charge is 2.33. The number of hydrogen-bond donors (Lipinski definition) is 2. The predicted octanol–water partition coefficient (Wildman–Crippen LogP) is 1.31. The van der Waals surface area contributed by atoms with E-state index in [2.05, 4.69) is 9.62 Å². The molecule has 2 heterocycles. The van der Waals surface area contributed by atoms with Crippen LogP contribution >= 0.6 is 0 Å². The fourth-order valence-corrected chi connectivity index (χ4v) is 4.63. The molecule has 0 amide bonds. The van der Waals surface area contributed by atoms with Crippen LogP contribution in [0.4, 0.5) is 10.1 Å². The first-order valence-corrected chi connectivity index (χ1v) is 8.75. The van der Waals surface area contributed by atoms with Crippen molar-refractivity contribution in [2.75, 3.05) is 18.8 Å². The average molecular weight is 313 g/mol. The van der Waals surface area contributed by atoms with Gasteiger partial charge in [0.1, 0.15) is 5.82 Å². The molecule has 0 aliphatic carbocycles. The maximum Gasteiger partial charge on any atom is 0.240 e. The molecule has 2 aliphatic heterocycles. The minimum Gasteiger partial charge on any atom is -0.396 e. The lowest BCUT2D eigenvalue weighted by Crippen LogP contribution is -2.47. The summed E-state index contributed by atoms with van der Waals surface area (Å²) in [4.78, 5) is 2.45. The van der Waals surface area contributed by atoms with Crippen LogP contribution in [0.15, 0.2) is 23.1 Å². The van der Waals surface area contributed by atoms with Gasteiger partial charge in [0.2, 0.25) is 10.0 Å². The highest BCUT2D eigenvalue weighted by atomic mass is 32.2. The molecule has 5 nitrogen and oxygen atoms in total. The summed E-state index contributed by atoms with van der Waals surface area (Å²) < 4.78 is 40.6. The highest BCUT2D eigenvalue weighted by molar-refractivity contribution is 7.89. The van der Waals surface area contributed by atoms with Gasteiger partial charge >= 0.3 is 0 Å². The fourth-order valence-electron chi connectivity index (χ4n) is 3.31. The number of anilines is 1. The molecule has 1 aromatic rings. The number of benzene rings is 1. The van der Waals surface area contributed by atoms with Crippen LogP contribution in [-0.2, 0) is 10.0 Å². The molecule has 0 saturated carbocycles. The zero-order valence-corrected chi connectivity index (χ0v) is 12.6. The molecule has 1 aromatic carbocycles. The first-order valence-electron chi connectivity index (χ1n) is 7.27. The fraction of sp³-hybridized carbons (Fsp3) is 0.571. The molecule has 2 atom stereocenters. The van der Waals surface area contributed by atoms with Crippen LogP contribution in [0.25, 0.3) is 0 Å². The van der Waals surface area contributed by atoms with Crippen molar-refractivity contribution in [2.45, 2.75) is 42.7 Å². The van der Waals surface area contributed by atoms with Crippen molar-refractivity contribution in [3.63, 3.8) is 0 Å². The third-order valence-corrected chi connectivity index (χ3v) is 5.94. The number of nitrogens with one attached hydrogen (secondary N) is 1. The Morgan fingerprint density at radius 1 is 1.29 bits per heavy atom. The summed E-state index contributed by atoms with van der Waals surface area (Å²) in [6.07, 6.45) is 3.99. The Kier molecular flexibility index (Phi) is 3.90. The molecule has 116 valence electrons. The van der Waals surface area contributed by atoms with Crippen molar-refractivity contribution in [3.8, 4) is 0 Å². The number of nitrogens with zero attached hydrogens (tertiary/aromatic N) is 1. The molecular weight excluding hydrogens is 293 g/mol. The summed E-state index contributed by atoms with van der Waals surface area (Å²) >= 11 is 0. The van der Waals surface area contributed by atoms with Crippen LogP contribution in [0, 0.1) is 5.82 Å². The number of halogens is 1. The summed E-state index contributed by atoms with van der Waals surface area (Å²) in [6, 6.07) is 3.94. The number of sulfonamides is 1. The summed E-state index contributed by atoms with van der Waals surface area (Å²) in [5, 5.41) is 0. The van der Waals surface area contributed by atoms with Crippen LogP contribution in [0.3, 0.4) is 0 Å². The number of rotatable bonds is 3. The maximum atomic E-state index is 13.1. The van der Waals surface area contributed by atoms with Crippen molar-refractivity contribution in [1.82, 2.24) is 9.62 Å². The van der Waals surface area contributed by atoms with Gasteiger partial charge in [0.25, 0.3) is 0 Å². The van der Waals surface area contributed by atoms with Gasteiger partial charge in [-0.05, 0) is 57.0 Å². The summed E-state index contributed by atoms with van der Waals surface area (Å²) in [5.74, 6) is -0.604. The van der Waals surface area contributed by atoms with E-state index in [0.717, 1.165) is 38.4 Å². The molecule has 0 bridgehead atoms. The van der Waals surface area contributed by atoms with Crippen LogP contribution in [0.2, 0.25) is 0 Å². The molecule has 2 fully saturated rings. The van der Waals surface area contributed by atoms with E-state index in [1.807, 2.05) is 0 Å². The summed E-state index contributed by atoms with van der Waals surface area (Å²) in [5.41, 5.74) is 5.30. The van der Waals surface area contributed by atoms with Gasteiger partial charge in [0.15, 0.2) is 0 Å². The van der Waals surface area contributed by atoms with E-state index in [1.165, 1.54) is 18.6 Å². The standard InChI is InChI=1S/C14H20FN3O2S/c15-13-4-3-12(9-14(13)16)21(19,20)17-10-5-7-18-6-1-2-11(18)8-10/h3-4,9-11,17H,1-2,5-8,16H2. The molecule has 3 N–H and O–H groups in total. The van der Waals surface area contributed by atoms with Crippen molar-refractivity contribution in [3.05, 3.63) is 24.0 Å².